The zero-order valence-electron chi connectivity index (χ0n) is 12.2. The molecule has 2 rings (SSSR count). The van der Waals surface area contributed by atoms with Crippen LogP contribution >= 0.6 is 0 Å². The molecule has 0 aliphatic heterocycles. The third kappa shape index (κ3) is 2.95. The molecule has 19 heavy (non-hydrogen) atoms. The number of nitrogens with zero attached hydrogens (tertiary/aromatic N) is 4. The number of aryl methyl sites for hydroxylation is 2. The fourth-order valence-corrected chi connectivity index (χ4v) is 2.24. The summed E-state index contributed by atoms with van der Waals surface area (Å²) in [4.78, 5) is 6.98. The van der Waals surface area contributed by atoms with Gasteiger partial charge in [-0.3, -0.25) is 4.68 Å². The van der Waals surface area contributed by atoms with E-state index in [0.29, 0.717) is 0 Å². The second-order valence-corrected chi connectivity index (χ2v) is 4.92. The van der Waals surface area contributed by atoms with Crippen molar-refractivity contribution in [2.75, 3.05) is 18.5 Å². The second-order valence-electron chi connectivity index (χ2n) is 4.92. The topological polar surface area (TPSA) is 34.0 Å². The Kier molecular flexibility index (Phi) is 4.20. The standard InChI is InChI=1S/C15H22N4/c1-5-6-11-18(3)14-8-7-13(17-12(14)2)15-9-10-16-19(15)4/h7-10H,5-6,11H2,1-4H3. The maximum absolute atomic E-state index is 4.70. The predicted octanol–water partition coefficient (Wildman–Crippen LogP) is 3.03. The molecule has 0 aliphatic rings. The van der Waals surface area contributed by atoms with Crippen LogP contribution in [-0.4, -0.2) is 28.4 Å². The molecule has 0 unspecified atom stereocenters. The van der Waals surface area contributed by atoms with Gasteiger partial charge in [0.1, 0.15) is 0 Å². The van der Waals surface area contributed by atoms with Crippen molar-refractivity contribution in [3.63, 3.8) is 0 Å². The molecule has 102 valence electrons. The maximum Gasteiger partial charge on any atom is 0.0887 e. The first kappa shape index (κ1) is 13.6. The summed E-state index contributed by atoms with van der Waals surface area (Å²) in [6, 6.07) is 6.21. The fraction of sp³-hybridized carbons (Fsp3) is 0.467. The smallest absolute Gasteiger partial charge is 0.0887 e. The van der Waals surface area contributed by atoms with Crippen LogP contribution in [0.15, 0.2) is 24.4 Å². The molecular weight excluding hydrogens is 236 g/mol. The molecule has 0 N–H and O–H groups in total. The molecule has 4 nitrogen and oxygen atoms in total. The van der Waals surface area contributed by atoms with Crippen LogP contribution in [0.1, 0.15) is 25.5 Å². The lowest BCUT2D eigenvalue weighted by molar-refractivity contribution is 0.761. The Morgan fingerprint density at radius 3 is 2.63 bits per heavy atom. The predicted molar refractivity (Wildman–Crippen MR) is 79.4 cm³/mol. The van der Waals surface area contributed by atoms with Crippen LogP contribution in [0.3, 0.4) is 0 Å². The lowest BCUT2D eigenvalue weighted by atomic mass is 10.2. The summed E-state index contributed by atoms with van der Waals surface area (Å²) < 4.78 is 1.85. The Labute approximate surface area is 115 Å². The molecule has 0 saturated carbocycles. The van der Waals surface area contributed by atoms with E-state index in [9.17, 15) is 0 Å². The highest BCUT2D eigenvalue weighted by Crippen LogP contribution is 2.23. The van der Waals surface area contributed by atoms with Crippen molar-refractivity contribution in [3.05, 3.63) is 30.1 Å². The number of hydrogen-bond acceptors (Lipinski definition) is 3. The van der Waals surface area contributed by atoms with E-state index in [1.807, 2.05) is 17.8 Å². The van der Waals surface area contributed by atoms with Crippen LogP contribution in [0.5, 0.6) is 0 Å². The van der Waals surface area contributed by atoms with E-state index in [0.717, 1.165) is 23.6 Å². The minimum atomic E-state index is 0.977. The molecule has 0 aliphatic carbocycles. The monoisotopic (exact) mass is 258 g/mol. The zero-order valence-corrected chi connectivity index (χ0v) is 12.2. The van der Waals surface area contributed by atoms with E-state index in [-0.39, 0.29) is 0 Å². The summed E-state index contributed by atoms with van der Waals surface area (Å²) >= 11 is 0. The first-order valence-electron chi connectivity index (χ1n) is 6.80. The van der Waals surface area contributed by atoms with E-state index < -0.39 is 0 Å². The lowest BCUT2D eigenvalue weighted by Gasteiger charge is -2.21. The maximum atomic E-state index is 4.70. The average molecular weight is 258 g/mol. The average Bonchev–Trinajstić information content (AvgIpc) is 2.82. The fourth-order valence-electron chi connectivity index (χ4n) is 2.24. The molecule has 2 aromatic heterocycles. The van der Waals surface area contributed by atoms with Crippen molar-refractivity contribution < 1.29 is 0 Å². The van der Waals surface area contributed by atoms with Gasteiger partial charge in [0.15, 0.2) is 0 Å². The summed E-state index contributed by atoms with van der Waals surface area (Å²) in [5.41, 5.74) is 4.30. The van der Waals surface area contributed by atoms with Gasteiger partial charge >= 0.3 is 0 Å². The number of hydrogen-bond donors (Lipinski definition) is 0. The van der Waals surface area contributed by atoms with Crippen molar-refractivity contribution in [2.45, 2.75) is 26.7 Å². The first-order valence-corrected chi connectivity index (χ1v) is 6.80. The molecule has 0 spiro atoms. The molecule has 0 amide bonds. The number of rotatable bonds is 5. The lowest BCUT2D eigenvalue weighted by Crippen LogP contribution is -2.19. The Bertz CT molecular complexity index is 545. The van der Waals surface area contributed by atoms with Gasteiger partial charge in [0, 0.05) is 26.8 Å². The number of anilines is 1. The van der Waals surface area contributed by atoms with Gasteiger partial charge in [-0.05, 0) is 31.5 Å². The molecule has 0 atom stereocenters. The largest absolute Gasteiger partial charge is 0.373 e. The summed E-state index contributed by atoms with van der Waals surface area (Å²) in [5.74, 6) is 0. The third-order valence-electron chi connectivity index (χ3n) is 3.40. The SMILES string of the molecule is CCCCN(C)c1ccc(-c2ccnn2C)nc1C. The molecule has 0 fully saturated rings. The first-order chi connectivity index (χ1) is 9.13. The van der Waals surface area contributed by atoms with Gasteiger partial charge < -0.3 is 4.90 Å². The van der Waals surface area contributed by atoms with Crippen LogP contribution in [0.2, 0.25) is 0 Å². The van der Waals surface area contributed by atoms with Crippen molar-refractivity contribution in [1.29, 1.82) is 0 Å². The van der Waals surface area contributed by atoms with E-state index in [1.165, 1.54) is 18.5 Å². The quantitative estimate of drug-likeness (QED) is 0.826. The van der Waals surface area contributed by atoms with E-state index in [1.54, 1.807) is 6.20 Å². The minimum absolute atomic E-state index is 0.977. The summed E-state index contributed by atoms with van der Waals surface area (Å²) in [6.07, 6.45) is 4.22. The van der Waals surface area contributed by atoms with Crippen molar-refractivity contribution in [2.24, 2.45) is 7.05 Å². The summed E-state index contributed by atoms with van der Waals surface area (Å²) in [6.45, 7) is 5.35. The number of unbranched alkanes of at least 4 members (excludes halogenated alkanes) is 1. The summed E-state index contributed by atoms with van der Waals surface area (Å²) in [5, 5.41) is 4.19. The van der Waals surface area contributed by atoms with E-state index >= 15 is 0 Å². The molecule has 0 saturated heterocycles. The van der Waals surface area contributed by atoms with E-state index in [4.69, 9.17) is 4.98 Å². The molecule has 0 radical (unpaired) electrons. The molecule has 4 heteroatoms. The van der Waals surface area contributed by atoms with Crippen LogP contribution in [-0.2, 0) is 7.05 Å². The van der Waals surface area contributed by atoms with Gasteiger partial charge in [0.25, 0.3) is 0 Å². The van der Waals surface area contributed by atoms with E-state index in [2.05, 4.69) is 43.0 Å². The molecule has 0 aromatic carbocycles. The highest BCUT2D eigenvalue weighted by molar-refractivity contribution is 5.60. The minimum Gasteiger partial charge on any atom is -0.373 e. The van der Waals surface area contributed by atoms with Gasteiger partial charge in [-0.1, -0.05) is 13.3 Å². The summed E-state index contributed by atoms with van der Waals surface area (Å²) in [7, 11) is 4.07. The van der Waals surface area contributed by atoms with Crippen molar-refractivity contribution >= 4 is 5.69 Å². The molecule has 2 aromatic rings. The van der Waals surface area contributed by atoms with Gasteiger partial charge in [0.2, 0.25) is 0 Å². The Hall–Kier alpha value is -1.84. The zero-order chi connectivity index (χ0) is 13.8. The Morgan fingerprint density at radius 1 is 1.26 bits per heavy atom. The van der Waals surface area contributed by atoms with Crippen LogP contribution in [0, 0.1) is 6.92 Å². The van der Waals surface area contributed by atoms with Crippen LogP contribution in [0.4, 0.5) is 5.69 Å². The van der Waals surface area contributed by atoms with Gasteiger partial charge in [0.05, 0.1) is 22.8 Å². The van der Waals surface area contributed by atoms with Crippen LogP contribution in [0.25, 0.3) is 11.4 Å². The van der Waals surface area contributed by atoms with Crippen molar-refractivity contribution in [1.82, 2.24) is 14.8 Å². The highest BCUT2D eigenvalue weighted by atomic mass is 15.3. The molecule has 0 bridgehead atoms. The number of aromatic nitrogens is 3. The van der Waals surface area contributed by atoms with Gasteiger partial charge in [-0.15, -0.1) is 0 Å². The third-order valence-corrected chi connectivity index (χ3v) is 3.40. The highest BCUT2D eigenvalue weighted by Gasteiger charge is 2.09. The van der Waals surface area contributed by atoms with Crippen molar-refractivity contribution in [3.8, 4) is 11.4 Å². The molecular formula is C15H22N4. The normalized spacial score (nSPS) is 10.7. The van der Waals surface area contributed by atoms with Gasteiger partial charge in [-0.25, -0.2) is 4.98 Å². The second kappa shape index (κ2) is 5.87. The number of pyridine rings is 1. The molecule has 2 heterocycles. The Morgan fingerprint density at radius 2 is 2.05 bits per heavy atom. The Balaban J connectivity index is 2.25. The van der Waals surface area contributed by atoms with Crippen LogP contribution < -0.4 is 4.90 Å². The van der Waals surface area contributed by atoms with Gasteiger partial charge in [-0.2, -0.15) is 5.10 Å².